The van der Waals surface area contributed by atoms with Gasteiger partial charge in [-0.3, -0.25) is 4.79 Å². The van der Waals surface area contributed by atoms with Crippen LogP contribution in [0.25, 0.3) is 0 Å². The van der Waals surface area contributed by atoms with E-state index in [-0.39, 0.29) is 18.0 Å². The van der Waals surface area contributed by atoms with Crippen LogP contribution < -0.4 is 16.0 Å². The quantitative estimate of drug-likeness (QED) is 0.110. The Kier molecular flexibility index (Phi) is 11.3. The largest absolute Gasteiger partial charge is 0.465 e. The van der Waals surface area contributed by atoms with Crippen LogP contribution in [0.3, 0.4) is 0 Å². The van der Waals surface area contributed by atoms with Crippen LogP contribution in [0, 0.1) is 5.82 Å². The molecule has 0 radical (unpaired) electrons. The Morgan fingerprint density at radius 2 is 1.60 bits per heavy atom. The number of carbonyl (C=O) groups is 2. The first-order chi connectivity index (χ1) is 21.8. The van der Waals surface area contributed by atoms with Gasteiger partial charge in [-0.1, -0.05) is 101 Å². The third-order valence-corrected chi connectivity index (χ3v) is 9.05. The average Bonchev–Trinajstić information content (AvgIpc) is 3.05. The van der Waals surface area contributed by atoms with Gasteiger partial charge in [-0.15, -0.1) is 0 Å². The van der Waals surface area contributed by atoms with E-state index in [0.29, 0.717) is 41.7 Å². The number of carbonyl (C=O) groups excluding carboxylic acids is 1. The van der Waals surface area contributed by atoms with Crippen molar-refractivity contribution in [1.29, 1.82) is 0 Å². The minimum absolute atomic E-state index is 0.150. The van der Waals surface area contributed by atoms with E-state index in [1.54, 1.807) is 12.1 Å². The molecule has 7 nitrogen and oxygen atoms in total. The molecule has 0 aliphatic carbocycles. The molecule has 45 heavy (non-hydrogen) atoms. The molecule has 4 N–H and O–H groups in total. The van der Waals surface area contributed by atoms with Gasteiger partial charge in [-0.25, -0.2) is 9.18 Å². The fourth-order valence-electron chi connectivity index (χ4n) is 5.75. The molecule has 0 aromatic heterocycles. The number of hydrogen-bond donors (Lipinski definition) is 5. The Morgan fingerprint density at radius 1 is 0.956 bits per heavy atom. The van der Waals surface area contributed by atoms with Gasteiger partial charge in [0.25, 0.3) is 0 Å². The molecule has 0 spiro atoms. The highest BCUT2D eigenvalue weighted by Gasteiger charge is 2.33. The number of anilines is 1. The lowest BCUT2D eigenvalue weighted by molar-refractivity contribution is -0.118. The number of ether oxygens (including phenoxy) is 1. The molecule has 2 amide bonds. The topological polar surface area (TPSA) is 99.7 Å². The van der Waals surface area contributed by atoms with E-state index in [1.807, 2.05) is 84.9 Å². The van der Waals surface area contributed by atoms with Gasteiger partial charge in [0.2, 0.25) is 5.91 Å². The molecule has 5 rings (SSSR count). The summed E-state index contributed by atoms with van der Waals surface area (Å²) in [6.07, 6.45) is -0.525. The fourth-order valence-corrected chi connectivity index (χ4v) is 6.46. The monoisotopic (exact) mass is 691 g/mol. The van der Waals surface area contributed by atoms with Gasteiger partial charge in [0.1, 0.15) is 11.9 Å². The number of thiol groups is 1. The minimum Gasteiger partial charge on any atom is -0.465 e. The molecule has 1 saturated heterocycles. The lowest BCUT2D eigenvalue weighted by Gasteiger charge is -2.34. The molecule has 4 atom stereocenters. The van der Waals surface area contributed by atoms with Gasteiger partial charge >= 0.3 is 6.09 Å². The Labute approximate surface area is 276 Å². The van der Waals surface area contributed by atoms with Gasteiger partial charge in [0.15, 0.2) is 0 Å². The first-order valence-electron chi connectivity index (χ1n) is 14.8. The van der Waals surface area contributed by atoms with Crippen LogP contribution in [0.1, 0.15) is 39.8 Å². The van der Waals surface area contributed by atoms with E-state index in [2.05, 4.69) is 31.9 Å². The maximum Gasteiger partial charge on any atom is 0.405 e. The third-order valence-electron chi connectivity index (χ3n) is 7.94. The second-order valence-corrected chi connectivity index (χ2v) is 12.4. The fraction of sp³-hybridized carbons (Fsp3) is 0.257. The maximum absolute atomic E-state index is 14.6. The predicted octanol–water partition coefficient (Wildman–Crippen LogP) is 6.96. The number of morpholine rings is 1. The Hall–Kier alpha value is -3.70. The molecule has 1 heterocycles. The number of para-hydroxylation sites is 1. The summed E-state index contributed by atoms with van der Waals surface area (Å²) in [6, 6.07) is 30.1. The number of halogens is 2. The van der Waals surface area contributed by atoms with E-state index in [1.165, 1.54) is 6.07 Å². The molecule has 0 bridgehead atoms. The molecule has 10 heteroatoms. The first kappa shape index (κ1) is 32.7. The zero-order chi connectivity index (χ0) is 31.8. The number of carboxylic acid groups (broad SMARTS) is 1. The second kappa shape index (κ2) is 15.5. The lowest BCUT2D eigenvalue weighted by atomic mass is 9.84. The van der Waals surface area contributed by atoms with Gasteiger partial charge in [-0.2, -0.15) is 12.6 Å². The molecule has 234 valence electrons. The summed E-state index contributed by atoms with van der Waals surface area (Å²) in [6.45, 7) is 1.18. The van der Waals surface area contributed by atoms with Crippen molar-refractivity contribution in [2.24, 2.45) is 0 Å². The van der Waals surface area contributed by atoms with Gasteiger partial charge in [0.05, 0.1) is 17.5 Å². The average molecular weight is 693 g/mol. The van der Waals surface area contributed by atoms with E-state index in [0.717, 1.165) is 16.7 Å². The highest BCUT2D eigenvalue weighted by Crippen LogP contribution is 2.33. The molecule has 1 aliphatic heterocycles. The predicted molar refractivity (Wildman–Crippen MR) is 180 cm³/mol. The molecule has 1 fully saturated rings. The number of aryl methyl sites for hydroxylation is 1. The van der Waals surface area contributed by atoms with Crippen LogP contribution in [-0.2, 0) is 16.0 Å². The van der Waals surface area contributed by atoms with Crippen molar-refractivity contribution in [2.75, 3.05) is 18.4 Å². The summed E-state index contributed by atoms with van der Waals surface area (Å²) in [4.78, 5) is 25.8. The zero-order valence-corrected chi connectivity index (χ0v) is 26.9. The standard InChI is InChI=1S/C35H35BrFN3O4S/c36-25-16-18-27(28(37)19-25)33(45)30-21-38-20-26(44-30)17-15-22-9-7-8-14-29(22)39-34(41)32(40-35(42)43)31(23-10-3-1-4-11-23)24-12-5-2-6-13-24/h1-14,16,18-19,26,30-33,38,40,45H,15,17,20-21H2,(H,39,41)(H,42,43)/t26-,30+,32+,33?/m1/s1. The van der Waals surface area contributed by atoms with E-state index in [4.69, 9.17) is 17.4 Å². The van der Waals surface area contributed by atoms with Crippen molar-refractivity contribution in [2.45, 2.75) is 42.3 Å². The summed E-state index contributed by atoms with van der Waals surface area (Å²) >= 11 is 7.99. The van der Waals surface area contributed by atoms with E-state index >= 15 is 0 Å². The Balaban J connectivity index is 1.30. The van der Waals surface area contributed by atoms with Crippen LogP contribution >= 0.6 is 28.6 Å². The Morgan fingerprint density at radius 3 is 2.24 bits per heavy atom. The number of amides is 2. The highest BCUT2D eigenvalue weighted by atomic mass is 79.9. The third kappa shape index (κ3) is 8.52. The SMILES string of the molecule is O=C(O)N[C@H](C(=O)Nc1ccccc1CC[C@@H]1CNC[C@@H](C(S)c2ccc(Br)cc2F)O1)C(c1ccccc1)c1ccccc1. The minimum atomic E-state index is -1.29. The molecule has 1 unspecified atom stereocenters. The van der Waals surface area contributed by atoms with Gasteiger partial charge in [0, 0.05) is 34.7 Å². The van der Waals surface area contributed by atoms with Crippen molar-refractivity contribution in [3.63, 3.8) is 0 Å². The number of benzene rings is 4. The number of rotatable bonds is 11. The molecule has 0 saturated carbocycles. The molecule has 4 aromatic carbocycles. The molecule has 4 aromatic rings. The van der Waals surface area contributed by atoms with Crippen molar-refractivity contribution in [3.8, 4) is 0 Å². The molecular formula is C35H35BrFN3O4S. The van der Waals surface area contributed by atoms with Crippen molar-refractivity contribution >= 4 is 46.2 Å². The smallest absolute Gasteiger partial charge is 0.405 e. The van der Waals surface area contributed by atoms with Gasteiger partial charge < -0.3 is 25.8 Å². The second-order valence-electron chi connectivity index (χ2n) is 11.0. The van der Waals surface area contributed by atoms with Crippen LogP contribution in [0.2, 0.25) is 0 Å². The van der Waals surface area contributed by atoms with Crippen molar-refractivity contribution in [1.82, 2.24) is 10.6 Å². The molecular weight excluding hydrogens is 657 g/mol. The summed E-state index contributed by atoms with van der Waals surface area (Å²) in [7, 11) is 0. The first-order valence-corrected chi connectivity index (χ1v) is 16.1. The summed E-state index contributed by atoms with van der Waals surface area (Å²) in [5.74, 6) is -1.36. The highest BCUT2D eigenvalue weighted by molar-refractivity contribution is 9.10. The lowest BCUT2D eigenvalue weighted by Crippen LogP contribution is -2.47. The summed E-state index contributed by atoms with van der Waals surface area (Å²) < 4.78 is 21.6. The summed E-state index contributed by atoms with van der Waals surface area (Å²) in [5, 5.41) is 18.2. The number of hydrogen-bond acceptors (Lipinski definition) is 5. The van der Waals surface area contributed by atoms with Crippen LogP contribution in [0.4, 0.5) is 14.9 Å². The maximum atomic E-state index is 14.6. The van der Waals surface area contributed by atoms with Crippen LogP contribution in [0.5, 0.6) is 0 Å². The van der Waals surface area contributed by atoms with E-state index < -0.39 is 29.2 Å². The van der Waals surface area contributed by atoms with Crippen LogP contribution in [-0.4, -0.2) is 48.4 Å². The molecule has 1 aliphatic rings. The van der Waals surface area contributed by atoms with E-state index in [9.17, 15) is 19.1 Å². The van der Waals surface area contributed by atoms with Crippen molar-refractivity contribution in [3.05, 3.63) is 136 Å². The zero-order valence-electron chi connectivity index (χ0n) is 24.4. The normalized spacial score (nSPS) is 17.8. The number of nitrogens with one attached hydrogen (secondary N) is 3. The van der Waals surface area contributed by atoms with Crippen molar-refractivity contribution < 1.29 is 23.8 Å². The van der Waals surface area contributed by atoms with Crippen LogP contribution in [0.15, 0.2) is 108 Å². The summed E-state index contributed by atoms with van der Waals surface area (Å²) in [5.41, 5.74) is 3.60. The van der Waals surface area contributed by atoms with Gasteiger partial charge in [-0.05, 0) is 47.7 Å². The Bertz CT molecular complexity index is 1560.